The predicted octanol–water partition coefficient (Wildman–Crippen LogP) is 1.74. The van der Waals surface area contributed by atoms with Crippen LogP contribution in [-0.4, -0.2) is 42.5 Å². The zero-order valence-corrected chi connectivity index (χ0v) is 12.1. The molecule has 2 heterocycles. The maximum absolute atomic E-state index is 11.5. The molecule has 1 saturated heterocycles. The number of carbonyl (C=O) groups is 1. The Morgan fingerprint density at radius 2 is 2.41 bits per heavy atom. The number of hydrogen-bond acceptors (Lipinski definition) is 3. The van der Waals surface area contributed by atoms with E-state index in [4.69, 9.17) is 0 Å². The van der Waals surface area contributed by atoms with Gasteiger partial charge in [-0.05, 0) is 41.1 Å². The number of likely N-dealkylation sites (tertiary alicyclic amines) is 1. The molecule has 0 spiro atoms. The van der Waals surface area contributed by atoms with E-state index in [1.807, 2.05) is 24.1 Å². The second kappa shape index (κ2) is 5.66. The van der Waals surface area contributed by atoms with Crippen LogP contribution in [0.1, 0.15) is 12.8 Å². The van der Waals surface area contributed by atoms with E-state index >= 15 is 0 Å². The van der Waals surface area contributed by atoms with Crippen LogP contribution in [0.15, 0.2) is 18.3 Å². The highest BCUT2D eigenvalue weighted by Crippen LogP contribution is 2.17. The lowest BCUT2D eigenvalue weighted by molar-refractivity contribution is -0.127. The topological polar surface area (TPSA) is 36.4 Å². The van der Waals surface area contributed by atoms with Gasteiger partial charge in [0.1, 0.15) is 5.82 Å². The number of likely N-dealkylation sites (N-methyl/N-ethyl adjacent to an activating group) is 1. The summed E-state index contributed by atoms with van der Waals surface area (Å²) in [4.78, 5) is 19.9. The fraction of sp³-hybridized carbons (Fsp3) is 0.500. The van der Waals surface area contributed by atoms with E-state index in [-0.39, 0.29) is 5.91 Å². The maximum atomic E-state index is 11.5. The standard InChI is InChI=1S/C12H16IN3O/c1-15(12-10(13)4-2-6-14-12)8-9-16-7-3-5-11(16)17/h2,4,6H,3,5,7-9H2,1H3. The van der Waals surface area contributed by atoms with E-state index in [1.54, 1.807) is 6.20 Å². The first-order valence-corrected chi connectivity index (χ1v) is 6.86. The van der Waals surface area contributed by atoms with Crippen molar-refractivity contribution in [2.75, 3.05) is 31.6 Å². The van der Waals surface area contributed by atoms with Crippen LogP contribution in [0.3, 0.4) is 0 Å². The number of hydrogen-bond donors (Lipinski definition) is 0. The molecule has 0 saturated carbocycles. The highest BCUT2D eigenvalue weighted by Gasteiger charge is 2.20. The van der Waals surface area contributed by atoms with Crippen LogP contribution in [0.5, 0.6) is 0 Å². The fourth-order valence-electron chi connectivity index (χ4n) is 1.98. The second-order valence-electron chi connectivity index (χ2n) is 4.21. The molecule has 0 bridgehead atoms. The highest BCUT2D eigenvalue weighted by atomic mass is 127. The number of carbonyl (C=O) groups excluding carboxylic acids is 1. The zero-order chi connectivity index (χ0) is 12.3. The Morgan fingerprint density at radius 1 is 1.59 bits per heavy atom. The van der Waals surface area contributed by atoms with Gasteiger partial charge in [0.15, 0.2) is 0 Å². The molecule has 1 aromatic heterocycles. The van der Waals surface area contributed by atoms with Crippen LogP contribution in [0.4, 0.5) is 5.82 Å². The summed E-state index contributed by atoms with van der Waals surface area (Å²) in [7, 11) is 2.02. The number of rotatable bonds is 4. The minimum atomic E-state index is 0.286. The Morgan fingerprint density at radius 3 is 3.06 bits per heavy atom. The summed E-state index contributed by atoms with van der Waals surface area (Å²) in [5.41, 5.74) is 0. The number of halogens is 1. The molecule has 2 rings (SSSR count). The largest absolute Gasteiger partial charge is 0.357 e. The lowest BCUT2D eigenvalue weighted by atomic mass is 10.4. The number of anilines is 1. The smallest absolute Gasteiger partial charge is 0.222 e. The Kier molecular flexibility index (Phi) is 4.20. The maximum Gasteiger partial charge on any atom is 0.222 e. The van der Waals surface area contributed by atoms with E-state index in [1.165, 1.54) is 0 Å². The first-order valence-electron chi connectivity index (χ1n) is 5.78. The molecule has 0 aromatic carbocycles. The normalized spacial score (nSPS) is 15.4. The third kappa shape index (κ3) is 3.08. The Hall–Kier alpha value is -0.850. The summed E-state index contributed by atoms with van der Waals surface area (Å²) in [5.74, 6) is 1.27. The second-order valence-corrected chi connectivity index (χ2v) is 5.38. The van der Waals surface area contributed by atoms with Gasteiger partial charge in [-0.2, -0.15) is 0 Å². The van der Waals surface area contributed by atoms with E-state index < -0.39 is 0 Å². The van der Waals surface area contributed by atoms with Gasteiger partial charge in [-0.3, -0.25) is 4.79 Å². The average molecular weight is 345 g/mol. The molecular weight excluding hydrogens is 329 g/mol. The van der Waals surface area contributed by atoms with E-state index in [0.29, 0.717) is 6.42 Å². The molecule has 1 aliphatic rings. The monoisotopic (exact) mass is 345 g/mol. The van der Waals surface area contributed by atoms with E-state index in [2.05, 4.69) is 32.5 Å². The Labute approximate surface area is 115 Å². The molecule has 1 aliphatic heterocycles. The fourth-order valence-corrected chi connectivity index (χ4v) is 2.73. The van der Waals surface area contributed by atoms with Gasteiger partial charge < -0.3 is 9.80 Å². The van der Waals surface area contributed by atoms with Crippen molar-refractivity contribution in [3.8, 4) is 0 Å². The molecule has 1 fully saturated rings. The summed E-state index contributed by atoms with van der Waals surface area (Å²) < 4.78 is 1.14. The third-order valence-electron chi connectivity index (χ3n) is 2.98. The molecule has 0 aliphatic carbocycles. The molecule has 4 nitrogen and oxygen atoms in total. The van der Waals surface area contributed by atoms with Crippen LogP contribution in [0.25, 0.3) is 0 Å². The van der Waals surface area contributed by atoms with Crippen molar-refractivity contribution in [2.45, 2.75) is 12.8 Å². The van der Waals surface area contributed by atoms with Crippen molar-refractivity contribution in [2.24, 2.45) is 0 Å². The molecule has 0 unspecified atom stereocenters. The highest BCUT2D eigenvalue weighted by molar-refractivity contribution is 14.1. The molecule has 92 valence electrons. The minimum absolute atomic E-state index is 0.286. The van der Waals surface area contributed by atoms with Gasteiger partial charge in [0.2, 0.25) is 5.91 Å². The van der Waals surface area contributed by atoms with Gasteiger partial charge in [0.25, 0.3) is 0 Å². The van der Waals surface area contributed by atoms with Crippen molar-refractivity contribution >= 4 is 34.3 Å². The van der Waals surface area contributed by atoms with Crippen LogP contribution >= 0.6 is 22.6 Å². The molecule has 17 heavy (non-hydrogen) atoms. The quantitative estimate of drug-likeness (QED) is 0.780. The van der Waals surface area contributed by atoms with Crippen molar-refractivity contribution in [3.05, 3.63) is 21.9 Å². The van der Waals surface area contributed by atoms with Gasteiger partial charge in [-0.1, -0.05) is 0 Å². The van der Waals surface area contributed by atoms with Crippen LogP contribution in [0, 0.1) is 3.57 Å². The number of aromatic nitrogens is 1. The van der Waals surface area contributed by atoms with E-state index in [9.17, 15) is 4.79 Å². The van der Waals surface area contributed by atoms with Crippen molar-refractivity contribution in [1.82, 2.24) is 9.88 Å². The molecule has 0 radical (unpaired) electrons. The summed E-state index contributed by atoms with van der Waals surface area (Å²) in [5, 5.41) is 0. The predicted molar refractivity (Wildman–Crippen MR) is 76.0 cm³/mol. The Bertz CT molecular complexity index is 410. The molecule has 0 N–H and O–H groups in total. The van der Waals surface area contributed by atoms with Crippen LogP contribution < -0.4 is 4.90 Å². The molecule has 0 atom stereocenters. The summed E-state index contributed by atoms with van der Waals surface area (Å²) >= 11 is 2.28. The van der Waals surface area contributed by atoms with Gasteiger partial charge in [0, 0.05) is 39.3 Å². The van der Waals surface area contributed by atoms with Gasteiger partial charge >= 0.3 is 0 Å². The van der Waals surface area contributed by atoms with Crippen molar-refractivity contribution in [3.63, 3.8) is 0 Å². The van der Waals surface area contributed by atoms with Gasteiger partial charge in [0.05, 0.1) is 3.57 Å². The first-order chi connectivity index (χ1) is 8.18. The Balaban J connectivity index is 1.91. The van der Waals surface area contributed by atoms with Crippen LogP contribution in [0.2, 0.25) is 0 Å². The van der Waals surface area contributed by atoms with Crippen molar-refractivity contribution < 1.29 is 4.79 Å². The van der Waals surface area contributed by atoms with Gasteiger partial charge in [-0.25, -0.2) is 4.98 Å². The number of nitrogens with zero attached hydrogens (tertiary/aromatic N) is 3. The molecule has 1 amide bonds. The number of pyridine rings is 1. The van der Waals surface area contributed by atoms with Crippen molar-refractivity contribution in [1.29, 1.82) is 0 Å². The van der Waals surface area contributed by atoms with Gasteiger partial charge in [-0.15, -0.1) is 0 Å². The molecule has 1 aromatic rings. The average Bonchev–Trinajstić information content (AvgIpc) is 2.72. The summed E-state index contributed by atoms with van der Waals surface area (Å²) in [6, 6.07) is 3.98. The lowest BCUT2D eigenvalue weighted by Crippen LogP contribution is -2.34. The third-order valence-corrected chi connectivity index (χ3v) is 3.82. The first kappa shape index (κ1) is 12.6. The number of amides is 1. The SMILES string of the molecule is CN(CCN1CCCC1=O)c1ncccc1I. The summed E-state index contributed by atoms with van der Waals surface area (Å²) in [6.07, 6.45) is 3.52. The minimum Gasteiger partial charge on any atom is -0.357 e. The van der Waals surface area contributed by atoms with Crippen LogP contribution in [-0.2, 0) is 4.79 Å². The molecule has 5 heteroatoms. The summed E-state index contributed by atoms with van der Waals surface area (Å²) in [6.45, 7) is 2.53. The molecular formula is C12H16IN3O. The lowest BCUT2D eigenvalue weighted by Gasteiger charge is -2.23. The zero-order valence-electron chi connectivity index (χ0n) is 9.90. The van der Waals surface area contributed by atoms with E-state index in [0.717, 1.165) is 35.4 Å².